The molecular weight excluding hydrogens is 239 g/mol. The minimum Gasteiger partial charge on any atom is -0.352 e. The van der Waals surface area contributed by atoms with E-state index in [9.17, 15) is 4.39 Å². The van der Waals surface area contributed by atoms with Gasteiger partial charge in [-0.15, -0.1) is 0 Å². The maximum Gasteiger partial charge on any atom is 0.132 e. The summed E-state index contributed by atoms with van der Waals surface area (Å²) in [4.78, 5) is 7.27. The van der Waals surface area contributed by atoms with E-state index >= 15 is 0 Å². The summed E-state index contributed by atoms with van der Waals surface area (Å²) < 4.78 is 13.6. The van der Waals surface area contributed by atoms with Crippen molar-refractivity contribution in [1.29, 1.82) is 0 Å². The number of hydrogen-bond acceptors (Lipinski definition) is 1. The molecule has 2 aromatic heterocycles. The number of rotatable bonds is 1. The number of H-pyrrole nitrogens is 1. The molecule has 0 unspecified atom stereocenters. The van der Waals surface area contributed by atoms with Crippen LogP contribution in [0.1, 0.15) is 0 Å². The third-order valence-corrected chi connectivity index (χ3v) is 2.95. The van der Waals surface area contributed by atoms with Crippen LogP contribution in [-0.4, -0.2) is 9.97 Å². The zero-order valence-corrected chi connectivity index (χ0v) is 9.50. The summed E-state index contributed by atoms with van der Waals surface area (Å²) in [6.45, 7) is 0. The summed E-state index contributed by atoms with van der Waals surface area (Å²) in [5, 5.41) is 0.581. The molecule has 1 aromatic carbocycles. The Balaban J connectivity index is 2.26. The Morgan fingerprint density at radius 2 is 2.00 bits per heavy atom. The van der Waals surface area contributed by atoms with Crippen molar-refractivity contribution in [3.05, 3.63) is 53.4 Å². The molecule has 2 nitrogen and oxygen atoms in total. The number of fused-ring (bicyclic) bond motifs is 1. The second kappa shape index (κ2) is 3.86. The van der Waals surface area contributed by atoms with Crippen molar-refractivity contribution in [2.24, 2.45) is 0 Å². The lowest BCUT2D eigenvalue weighted by Gasteiger charge is -1.98. The highest BCUT2D eigenvalue weighted by molar-refractivity contribution is 6.34. The first-order chi connectivity index (χ1) is 8.25. The van der Waals surface area contributed by atoms with Gasteiger partial charge in [-0.05, 0) is 24.3 Å². The Morgan fingerprint density at radius 3 is 2.76 bits per heavy atom. The van der Waals surface area contributed by atoms with E-state index in [4.69, 9.17) is 11.6 Å². The molecule has 0 saturated carbocycles. The topological polar surface area (TPSA) is 28.7 Å². The Labute approximate surface area is 102 Å². The summed E-state index contributed by atoms with van der Waals surface area (Å²) in [5.41, 5.74) is 2.66. The van der Waals surface area contributed by atoms with Crippen LogP contribution >= 0.6 is 11.6 Å². The Bertz CT molecular complexity index is 691. The molecule has 0 atom stereocenters. The molecule has 17 heavy (non-hydrogen) atoms. The molecule has 0 fully saturated rings. The van der Waals surface area contributed by atoms with E-state index in [-0.39, 0.29) is 5.82 Å². The van der Waals surface area contributed by atoms with E-state index < -0.39 is 0 Å². The number of nitrogens with one attached hydrogen (secondary N) is 1. The molecule has 0 bridgehead atoms. The fraction of sp³-hybridized carbons (Fsp3) is 0. The van der Waals surface area contributed by atoms with Gasteiger partial charge in [0.25, 0.3) is 0 Å². The zero-order chi connectivity index (χ0) is 11.8. The molecule has 0 spiro atoms. The minimum absolute atomic E-state index is 0.268. The van der Waals surface area contributed by atoms with Crippen LogP contribution in [0.5, 0.6) is 0 Å². The fourth-order valence-electron chi connectivity index (χ4n) is 1.82. The van der Waals surface area contributed by atoms with Gasteiger partial charge in [-0.25, -0.2) is 4.39 Å². The average molecular weight is 247 g/mol. The lowest BCUT2D eigenvalue weighted by atomic mass is 10.1. The number of nitrogens with zero attached hydrogens (tertiary/aromatic N) is 1. The lowest BCUT2D eigenvalue weighted by Crippen LogP contribution is -1.82. The summed E-state index contributed by atoms with van der Waals surface area (Å²) in [7, 11) is 0. The van der Waals surface area contributed by atoms with Gasteiger partial charge in [-0.3, -0.25) is 4.98 Å². The number of pyridine rings is 1. The van der Waals surface area contributed by atoms with E-state index in [1.807, 2.05) is 0 Å². The van der Waals surface area contributed by atoms with Gasteiger partial charge in [0.15, 0.2) is 0 Å². The first kappa shape index (κ1) is 10.3. The summed E-state index contributed by atoms with van der Waals surface area (Å²) in [6.07, 6.45) is 1.63. The van der Waals surface area contributed by atoms with Gasteiger partial charge in [0.05, 0.1) is 21.7 Å². The van der Waals surface area contributed by atoms with Gasteiger partial charge in [0.2, 0.25) is 0 Å². The zero-order valence-electron chi connectivity index (χ0n) is 8.74. The summed E-state index contributed by atoms with van der Waals surface area (Å²) >= 11 is 6.03. The Kier molecular flexibility index (Phi) is 2.34. The maximum absolute atomic E-state index is 13.6. The van der Waals surface area contributed by atoms with Crippen LogP contribution in [0.25, 0.3) is 22.3 Å². The molecule has 2 heterocycles. The van der Waals surface area contributed by atoms with Crippen molar-refractivity contribution in [2.45, 2.75) is 0 Å². The van der Waals surface area contributed by atoms with Crippen LogP contribution < -0.4 is 0 Å². The van der Waals surface area contributed by atoms with Crippen molar-refractivity contribution in [1.82, 2.24) is 9.97 Å². The molecule has 1 N–H and O–H groups in total. The number of aromatic amines is 1. The molecule has 0 radical (unpaired) electrons. The van der Waals surface area contributed by atoms with Gasteiger partial charge in [0, 0.05) is 11.8 Å². The lowest BCUT2D eigenvalue weighted by molar-refractivity contribution is 0.631. The average Bonchev–Trinajstić information content (AvgIpc) is 2.75. The molecule has 0 aliphatic carbocycles. The second-order valence-corrected chi connectivity index (χ2v) is 4.12. The monoisotopic (exact) mass is 246 g/mol. The second-order valence-electron chi connectivity index (χ2n) is 3.72. The van der Waals surface area contributed by atoms with Gasteiger partial charge in [-0.2, -0.15) is 0 Å². The third kappa shape index (κ3) is 1.68. The van der Waals surface area contributed by atoms with E-state index in [0.29, 0.717) is 16.3 Å². The standard InChI is InChI=1S/C13H8ClFN2/c14-9-5-6-16-12-7-11(17-13(9)12)8-3-1-2-4-10(8)15/h1-7,17H. The molecule has 3 aromatic rings. The molecule has 0 aliphatic rings. The van der Waals surface area contributed by atoms with Crippen molar-refractivity contribution >= 4 is 22.6 Å². The molecular formula is C13H8ClFN2. The molecule has 84 valence electrons. The summed E-state index contributed by atoms with van der Waals surface area (Å²) in [6, 6.07) is 10.1. The van der Waals surface area contributed by atoms with Crippen LogP contribution in [0.4, 0.5) is 4.39 Å². The minimum atomic E-state index is -0.268. The highest BCUT2D eigenvalue weighted by Gasteiger charge is 2.09. The maximum atomic E-state index is 13.6. The largest absolute Gasteiger partial charge is 0.352 e. The number of halogens is 2. The van der Waals surface area contributed by atoms with Gasteiger partial charge < -0.3 is 4.98 Å². The smallest absolute Gasteiger partial charge is 0.132 e. The van der Waals surface area contributed by atoms with Crippen LogP contribution in [0.2, 0.25) is 5.02 Å². The first-order valence-corrected chi connectivity index (χ1v) is 5.51. The van der Waals surface area contributed by atoms with Crippen molar-refractivity contribution in [2.75, 3.05) is 0 Å². The van der Waals surface area contributed by atoms with Crippen LogP contribution in [-0.2, 0) is 0 Å². The van der Waals surface area contributed by atoms with Crippen LogP contribution in [0.3, 0.4) is 0 Å². The van der Waals surface area contributed by atoms with Crippen molar-refractivity contribution in [3.63, 3.8) is 0 Å². The third-order valence-electron chi connectivity index (χ3n) is 2.63. The van der Waals surface area contributed by atoms with Crippen LogP contribution in [0, 0.1) is 5.82 Å². The number of benzene rings is 1. The molecule has 0 saturated heterocycles. The highest BCUT2D eigenvalue weighted by atomic mass is 35.5. The SMILES string of the molecule is Fc1ccccc1-c1cc2nccc(Cl)c2[nH]1. The van der Waals surface area contributed by atoms with E-state index in [1.165, 1.54) is 6.07 Å². The van der Waals surface area contributed by atoms with Crippen LogP contribution in [0.15, 0.2) is 42.6 Å². The highest BCUT2D eigenvalue weighted by Crippen LogP contribution is 2.28. The molecule has 3 rings (SSSR count). The molecule has 0 aliphatic heterocycles. The number of aromatic nitrogens is 2. The Morgan fingerprint density at radius 1 is 1.18 bits per heavy atom. The van der Waals surface area contributed by atoms with Gasteiger partial charge in [0.1, 0.15) is 5.82 Å². The fourth-order valence-corrected chi connectivity index (χ4v) is 2.02. The quantitative estimate of drug-likeness (QED) is 0.690. The summed E-state index contributed by atoms with van der Waals surface area (Å²) in [5.74, 6) is -0.268. The predicted molar refractivity (Wildman–Crippen MR) is 66.5 cm³/mol. The number of hydrogen-bond donors (Lipinski definition) is 1. The molecule has 4 heteroatoms. The Hall–Kier alpha value is -1.87. The first-order valence-electron chi connectivity index (χ1n) is 5.14. The van der Waals surface area contributed by atoms with Crippen molar-refractivity contribution < 1.29 is 4.39 Å². The van der Waals surface area contributed by atoms with Crippen molar-refractivity contribution in [3.8, 4) is 11.3 Å². The molecule has 0 amide bonds. The van der Waals surface area contributed by atoms with Gasteiger partial charge >= 0.3 is 0 Å². The van der Waals surface area contributed by atoms with E-state index in [0.717, 1.165) is 11.0 Å². The predicted octanol–water partition coefficient (Wildman–Crippen LogP) is 4.02. The van der Waals surface area contributed by atoms with E-state index in [2.05, 4.69) is 9.97 Å². The normalized spacial score (nSPS) is 10.9. The van der Waals surface area contributed by atoms with Gasteiger partial charge in [-0.1, -0.05) is 23.7 Å². The van der Waals surface area contributed by atoms with E-state index in [1.54, 1.807) is 36.5 Å².